The molecule has 2 aromatic rings. The Kier molecular flexibility index (Phi) is 4.88. The summed E-state index contributed by atoms with van der Waals surface area (Å²) in [7, 11) is -2.02. The number of nitrogens with one attached hydrogen (secondary N) is 1. The summed E-state index contributed by atoms with van der Waals surface area (Å²) in [5, 5.41) is 0. The molecule has 2 rings (SSSR count). The molecule has 0 fully saturated rings. The molecule has 0 heterocycles. The van der Waals surface area contributed by atoms with Crippen LogP contribution in [0, 0.1) is 13.8 Å². The van der Waals surface area contributed by atoms with Crippen molar-refractivity contribution in [3.8, 4) is 5.75 Å². The predicted molar refractivity (Wildman–Crippen MR) is 87.6 cm³/mol. The van der Waals surface area contributed by atoms with Crippen LogP contribution in [0.3, 0.4) is 0 Å². The largest absolute Gasteiger partial charge is 0.497 e. The Morgan fingerprint density at radius 2 is 1.68 bits per heavy atom. The summed E-state index contributed by atoms with van der Waals surface area (Å²) in [5.74, 6) is 0.626. The third-order valence-corrected chi connectivity index (χ3v) is 5.16. The van der Waals surface area contributed by atoms with Crippen LogP contribution in [0.5, 0.6) is 5.75 Å². The average Bonchev–Trinajstić information content (AvgIpc) is 2.49. The van der Waals surface area contributed by atoms with Gasteiger partial charge in [0.1, 0.15) is 5.75 Å². The molecule has 0 saturated carbocycles. The Labute approximate surface area is 132 Å². The molecular formula is C17H21NO3S. The van der Waals surface area contributed by atoms with Gasteiger partial charge in [-0.15, -0.1) is 0 Å². The first-order valence-electron chi connectivity index (χ1n) is 7.07. The van der Waals surface area contributed by atoms with E-state index >= 15 is 0 Å². The van der Waals surface area contributed by atoms with Crippen molar-refractivity contribution in [1.29, 1.82) is 0 Å². The van der Waals surface area contributed by atoms with Crippen LogP contribution in [0.25, 0.3) is 0 Å². The molecule has 0 aliphatic rings. The van der Waals surface area contributed by atoms with E-state index in [1.807, 2.05) is 39.0 Å². The smallest absolute Gasteiger partial charge is 0.241 e. The third-order valence-electron chi connectivity index (χ3n) is 3.60. The molecule has 1 N–H and O–H groups in total. The quantitative estimate of drug-likeness (QED) is 0.919. The lowest BCUT2D eigenvalue weighted by Gasteiger charge is -2.17. The first-order valence-corrected chi connectivity index (χ1v) is 8.55. The van der Waals surface area contributed by atoms with Crippen molar-refractivity contribution in [2.24, 2.45) is 0 Å². The van der Waals surface area contributed by atoms with Crippen LogP contribution in [-0.4, -0.2) is 15.5 Å². The molecule has 0 amide bonds. The van der Waals surface area contributed by atoms with Crippen molar-refractivity contribution in [2.45, 2.75) is 31.7 Å². The minimum absolute atomic E-state index is 0.227. The van der Waals surface area contributed by atoms with Gasteiger partial charge in [0.25, 0.3) is 0 Å². The Balaban J connectivity index is 2.25. The van der Waals surface area contributed by atoms with Crippen molar-refractivity contribution in [3.05, 3.63) is 59.2 Å². The van der Waals surface area contributed by atoms with E-state index in [4.69, 9.17) is 4.74 Å². The van der Waals surface area contributed by atoms with E-state index in [1.165, 1.54) is 12.1 Å². The molecule has 2 aromatic carbocycles. The Morgan fingerprint density at radius 1 is 1.05 bits per heavy atom. The first-order chi connectivity index (χ1) is 10.3. The van der Waals surface area contributed by atoms with E-state index < -0.39 is 10.0 Å². The highest BCUT2D eigenvalue weighted by atomic mass is 32.2. The highest BCUT2D eigenvalue weighted by Gasteiger charge is 2.19. The van der Waals surface area contributed by atoms with Gasteiger partial charge in [-0.3, -0.25) is 0 Å². The van der Waals surface area contributed by atoms with Gasteiger partial charge >= 0.3 is 0 Å². The van der Waals surface area contributed by atoms with Gasteiger partial charge in [-0.2, -0.15) is 0 Å². The van der Waals surface area contributed by atoms with Crippen molar-refractivity contribution in [1.82, 2.24) is 4.72 Å². The second-order valence-electron chi connectivity index (χ2n) is 5.38. The molecule has 22 heavy (non-hydrogen) atoms. The molecule has 0 aromatic heterocycles. The summed E-state index contributed by atoms with van der Waals surface area (Å²) in [6.07, 6.45) is 0. The van der Waals surface area contributed by atoms with Crippen molar-refractivity contribution in [3.63, 3.8) is 0 Å². The number of ether oxygens (including phenoxy) is 1. The summed E-state index contributed by atoms with van der Waals surface area (Å²) in [4.78, 5) is 0.227. The highest BCUT2D eigenvalue weighted by Crippen LogP contribution is 2.22. The van der Waals surface area contributed by atoms with Gasteiger partial charge in [-0.25, -0.2) is 13.1 Å². The Hall–Kier alpha value is -1.85. The maximum absolute atomic E-state index is 12.5. The first kappa shape index (κ1) is 16.5. The lowest BCUT2D eigenvalue weighted by Crippen LogP contribution is -2.27. The molecule has 5 heteroatoms. The van der Waals surface area contributed by atoms with Crippen LogP contribution in [-0.2, 0) is 10.0 Å². The predicted octanol–water partition coefficient (Wildman–Crippen LogP) is 3.35. The summed E-state index contributed by atoms with van der Waals surface area (Å²) in [6, 6.07) is 12.1. The maximum atomic E-state index is 12.5. The number of sulfonamides is 1. The third kappa shape index (κ3) is 3.67. The molecule has 0 spiro atoms. The number of methoxy groups -OCH3 is 1. The van der Waals surface area contributed by atoms with E-state index in [2.05, 4.69) is 4.72 Å². The highest BCUT2D eigenvalue weighted by molar-refractivity contribution is 7.89. The number of rotatable bonds is 5. The van der Waals surface area contributed by atoms with E-state index in [0.717, 1.165) is 16.7 Å². The van der Waals surface area contributed by atoms with Crippen LogP contribution in [0.2, 0.25) is 0 Å². The molecule has 1 atom stereocenters. The topological polar surface area (TPSA) is 55.4 Å². The number of hydrogen-bond donors (Lipinski definition) is 1. The molecule has 0 saturated heterocycles. The van der Waals surface area contributed by atoms with Crippen LogP contribution >= 0.6 is 0 Å². The molecule has 0 bridgehead atoms. The van der Waals surface area contributed by atoms with Gasteiger partial charge in [-0.05, 0) is 56.2 Å². The minimum Gasteiger partial charge on any atom is -0.497 e. The van der Waals surface area contributed by atoms with Gasteiger partial charge in [0, 0.05) is 6.04 Å². The fourth-order valence-electron chi connectivity index (χ4n) is 2.35. The second kappa shape index (κ2) is 6.50. The summed E-state index contributed by atoms with van der Waals surface area (Å²) < 4.78 is 32.7. The van der Waals surface area contributed by atoms with Crippen LogP contribution in [0.1, 0.15) is 29.7 Å². The zero-order valence-corrected chi connectivity index (χ0v) is 14.1. The Bertz CT molecular complexity index is 752. The molecule has 118 valence electrons. The van der Waals surface area contributed by atoms with Crippen LogP contribution in [0.4, 0.5) is 0 Å². The summed E-state index contributed by atoms with van der Waals surface area (Å²) in [6.45, 7) is 5.82. The zero-order chi connectivity index (χ0) is 16.3. The lowest BCUT2D eigenvalue weighted by molar-refractivity contribution is 0.414. The molecule has 0 aliphatic heterocycles. The standard InChI is InChI=1S/C17H21NO3S/c1-12-5-6-13(2)17(11-12)14(3)18-22(19,20)16-9-7-15(21-4)8-10-16/h5-11,14,18H,1-4H3/t14-/m0/s1. The normalized spacial score (nSPS) is 12.9. The van der Waals surface area contributed by atoms with E-state index in [0.29, 0.717) is 5.75 Å². The van der Waals surface area contributed by atoms with E-state index in [9.17, 15) is 8.42 Å². The van der Waals surface area contributed by atoms with E-state index in [-0.39, 0.29) is 10.9 Å². The van der Waals surface area contributed by atoms with Crippen LogP contribution < -0.4 is 9.46 Å². The van der Waals surface area contributed by atoms with Crippen molar-refractivity contribution in [2.75, 3.05) is 7.11 Å². The molecular weight excluding hydrogens is 298 g/mol. The summed E-state index contributed by atoms with van der Waals surface area (Å²) in [5.41, 5.74) is 3.16. The maximum Gasteiger partial charge on any atom is 0.241 e. The average molecular weight is 319 g/mol. The van der Waals surface area contributed by atoms with Crippen LogP contribution in [0.15, 0.2) is 47.4 Å². The SMILES string of the molecule is COc1ccc(S(=O)(=O)N[C@@H](C)c2cc(C)ccc2C)cc1. The van der Waals surface area contributed by atoms with Crippen molar-refractivity contribution >= 4 is 10.0 Å². The van der Waals surface area contributed by atoms with Gasteiger partial charge in [0.05, 0.1) is 12.0 Å². The second-order valence-corrected chi connectivity index (χ2v) is 7.09. The fourth-order valence-corrected chi connectivity index (χ4v) is 3.57. The van der Waals surface area contributed by atoms with Gasteiger partial charge in [0.2, 0.25) is 10.0 Å². The molecule has 4 nitrogen and oxygen atoms in total. The number of hydrogen-bond acceptors (Lipinski definition) is 3. The van der Waals surface area contributed by atoms with Gasteiger partial charge in [-0.1, -0.05) is 23.8 Å². The molecule has 0 radical (unpaired) electrons. The van der Waals surface area contributed by atoms with Gasteiger partial charge in [0.15, 0.2) is 0 Å². The Morgan fingerprint density at radius 3 is 2.27 bits per heavy atom. The zero-order valence-electron chi connectivity index (χ0n) is 13.3. The van der Waals surface area contributed by atoms with E-state index in [1.54, 1.807) is 19.2 Å². The lowest BCUT2D eigenvalue weighted by atomic mass is 10.0. The summed E-state index contributed by atoms with van der Waals surface area (Å²) >= 11 is 0. The fraction of sp³-hybridized carbons (Fsp3) is 0.294. The molecule has 0 unspecified atom stereocenters. The number of aryl methyl sites for hydroxylation is 2. The number of benzene rings is 2. The minimum atomic E-state index is -3.57. The van der Waals surface area contributed by atoms with Gasteiger partial charge < -0.3 is 4.74 Å². The molecule has 0 aliphatic carbocycles. The monoisotopic (exact) mass is 319 g/mol. The van der Waals surface area contributed by atoms with Crippen molar-refractivity contribution < 1.29 is 13.2 Å².